The normalized spacial score (nSPS) is 36.7. The van der Waals surface area contributed by atoms with E-state index in [0.29, 0.717) is 17.6 Å². The van der Waals surface area contributed by atoms with Crippen LogP contribution in [0.4, 0.5) is 0 Å². The van der Waals surface area contributed by atoms with Gasteiger partial charge in [-0.1, -0.05) is 29.8 Å². The molecular weight excluding hydrogens is 388 g/mol. The molecule has 4 bridgehead atoms. The maximum Gasteiger partial charge on any atom is 0.364 e. The Morgan fingerprint density at radius 2 is 1.86 bits per heavy atom. The standard InChI is InChI=1S/C23H23ClN2O3/c1-14-2-4-17(5-3-14)19-7-18(21(28)29-19)26-25-12-20(27)22-8-15-6-16(9-22)11-23(24,10-15)13-22/h2-5,7,12,15-16H,6,8-11,13H2,1H3/b25-12-,26-18+. The molecule has 1 aliphatic heterocycles. The predicted molar refractivity (Wildman–Crippen MR) is 112 cm³/mol. The van der Waals surface area contributed by atoms with E-state index in [1.165, 1.54) is 12.6 Å². The van der Waals surface area contributed by atoms with Crippen molar-refractivity contribution in [1.29, 1.82) is 0 Å². The Morgan fingerprint density at radius 1 is 1.17 bits per heavy atom. The van der Waals surface area contributed by atoms with Crippen molar-refractivity contribution >= 4 is 41.0 Å². The Kier molecular flexibility index (Phi) is 4.28. The molecule has 2 unspecified atom stereocenters. The van der Waals surface area contributed by atoms with E-state index in [-0.39, 0.29) is 16.4 Å². The molecule has 0 amide bonds. The summed E-state index contributed by atoms with van der Waals surface area (Å²) in [6.45, 7) is 1.99. The highest BCUT2D eigenvalue weighted by atomic mass is 35.5. The van der Waals surface area contributed by atoms with Crippen molar-refractivity contribution in [3.05, 3.63) is 41.5 Å². The van der Waals surface area contributed by atoms with E-state index < -0.39 is 11.4 Å². The average molecular weight is 411 g/mol. The number of hydrogen-bond donors (Lipinski definition) is 0. The number of Topliss-reactive ketones (excluding diaryl/α,β-unsaturated/α-hetero) is 1. The van der Waals surface area contributed by atoms with E-state index in [4.69, 9.17) is 16.3 Å². The summed E-state index contributed by atoms with van der Waals surface area (Å²) in [6.07, 6.45) is 8.63. The molecular formula is C23H23ClN2O3. The Morgan fingerprint density at radius 3 is 2.52 bits per heavy atom. The van der Waals surface area contributed by atoms with Crippen molar-refractivity contribution in [3.63, 3.8) is 0 Å². The lowest BCUT2D eigenvalue weighted by Gasteiger charge is -2.59. The summed E-state index contributed by atoms with van der Waals surface area (Å²) in [5.41, 5.74) is 1.63. The number of halogens is 1. The SMILES string of the molecule is Cc1ccc(C2=C/C(=N\N=C/C(=O)C34CC5CC(CC(Cl)(C5)C3)C4)C(=O)O2)cc1. The van der Waals surface area contributed by atoms with Gasteiger partial charge in [-0.3, -0.25) is 4.79 Å². The van der Waals surface area contributed by atoms with Crippen molar-refractivity contribution in [2.75, 3.05) is 0 Å². The first-order valence-corrected chi connectivity index (χ1v) is 10.6. The number of carbonyl (C=O) groups is 2. The van der Waals surface area contributed by atoms with Gasteiger partial charge in [0, 0.05) is 21.9 Å². The van der Waals surface area contributed by atoms with Crippen LogP contribution in [0.25, 0.3) is 5.76 Å². The summed E-state index contributed by atoms with van der Waals surface area (Å²) in [6, 6.07) is 7.68. The van der Waals surface area contributed by atoms with Crippen LogP contribution in [-0.2, 0) is 14.3 Å². The molecule has 4 fully saturated rings. The highest BCUT2D eigenvalue weighted by Gasteiger charge is 2.59. The predicted octanol–water partition coefficient (Wildman–Crippen LogP) is 4.47. The number of alkyl halides is 1. The lowest BCUT2D eigenvalue weighted by molar-refractivity contribution is -0.134. The first kappa shape index (κ1) is 18.7. The molecule has 150 valence electrons. The number of carbonyl (C=O) groups excluding carboxylic acids is 2. The maximum atomic E-state index is 13.0. The van der Waals surface area contributed by atoms with Crippen molar-refractivity contribution in [2.24, 2.45) is 27.5 Å². The molecule has 29 heavy (non-hydrogen) atoms. The molecule has 6 rings (SSSR count). The summed E-state index contributed by atoms with van der Waals surface area (Å²) in [5.74, 6) is 0.972. The first-order valence-electron chi connectivity index (χ1n) is 10.2. The molecule has 0 aromatic heterocycles. The van der Waals surface area contributed by atoms with Gasteiger partial charge in [0.15, 0.2) is 11.5 Å². The second kappa shape index (κ2) is 6.63. The van der Waals surface area contributed by atoms with Gasteiger partial charge in [-0.25, -0.2) is 4.79 Å². The molecule has 1 aromatic carbocycles. The van der Waals surface area contributed by atoms with E-state index in [2.05, 4.69) is 10.2 Å². The quantitative estimate of drug-likeness (QED) is 0.318. The third-order valence-corrected chi connectivity index (χ3v) is 7.31. The first-order chi connectivity index (χ1) is 13.8. The Labute approximate surface area is 174 Å². The minimum Gasteiger partial charge on any atom is -0.421 e. The number of nitrogens with zero attached hydrogens (tertiary/aromatic N) is 2. The number of esters is 1. The monoisotopic (exact) mass is 410 g/mol. The van der Waals surface area contributed by atoms with Gasteiger partial charge in [0.2, 0.25) is 0 Å². The number of hydrogen-bond acceptors (Lipinski definition) is 5. The van der Waals surface area contributed by atoms with E-state index >= 15 is 0 Å². The van der Waals surface area contributed by atoms with Gasteiger partial charge in [-0.15, -0.1) is 16.7 Å². The van der Waals surface area contributed by atoms with Crippen molar-refractivity contribution in [2.45, 2.75) is 50.3 Å². The lowest BCUT2D eigenvalue weighted by atomic mass is 9.48. The van der Waals surface area contributed by atoms with Crippen LogP contribution in [0.15, 0.2) is 40.5 Å². The Balaban J connectivity index is 1.33. The van der Waals surface area contributed by atoms with Crippen LogP contribution in [0.3, 0.4) is 0 Å². The maximum absolute atomic E-state index is 13.0. The van der Waals surface area contributed by atoms with Crippen molar-refractivity contribution < 1.29 is 14.3 Å². The number of ketones is 1. The topological polar surface area (TPSA) is 68.1 Å². The van der Waals surface area contributed by atoms with Crippen LogP contribution in [0.1, 0.15) is 49.7 Å². The highest BCUT2D eigenvalue weighted by Crippen LogP contribution is 2.63. The van der Waals surface area contributed by atoms with E-state index in [9.17, 15) is 9.59 Å². The zero-order valence-electron chi connectivity index (χ0n) is 16.4. The Hall–Kier alpha value is -2.27. The highest BCUT2D eigenvalue weighted by molar-refractivity contribution is 6.45. The molecule has 6 heteroatoms. The number of ether oxygens (including phenoxy) is 1. The molecule has 0 saturated heterocycles. The van der Waals surface area contributed by atoms with Crippen LogP contribution in [-0.4, -0.2) is 28.6 Å². The minimum atomic E-state index is -0.556. The Bertz CT molecular complexity index is 962. The van der Waals surface area contributed by atoms with Gasteiger partial charge < -0.3 is 4.74 Å². The molecule has 0 N–H and O–H groups in total. The van der Waals surface area contributed by atoms with Gasteiger partial charge >= 0.3 is 5.97 Å². The number of aryl methyl sites for hydroxylation is 1. The molecule has 4 aliphatic carbocycles. The third kappa shape index (κ3) is 3.35. The van der Waals surface area contributed by atoms with Crippen LogP contribution in [0.2, 0.25) is 0 Å². The smallest absolute Gasteiger partial charge is 0.364 e. The van der Waals surface area contributed by atoms with E-state index in [0.717, 1.165) is 43.2 Å². The van der Waals surface area contributed by atoms with Crippen LogP contribution >= 0.6 is 11.6 Å². The second-order valence-electron chi connectivity index (χ2n) is 9.25. The summed E-state index contributed by atoms with van der Waals surface area (Å²) in [7, 11) is 0. The minimum absolute atomic E-state index is 0.00456. The summed E-state index contributed by atoms with van der Waals surface area (Å²) in [4.78, 5) is 24.9. The van der Waals surface area contributed by atoms with Gasteiger partial charge in [0.1, 0.15) is 5.76 Å². The van der Waals surface area contributed by atoms with Crippen molar-refractivity contribution in [1.82, 2.24) is 0 Å². The molecule has 1 aromatic rings. The van der Waals surface area contributed by atoms with Gasteiger partial charge in [0.25, 0.3) is 0 Å². The van der Waals surface area contributed by atoms with Gasteiger partial charge in [-0.05, 0) is 57.3 Å². The number of benzene rings is 1. The zero-order chi connectivity index (χ0) is 20.2. The molecule has 5 aliphatic rings. The largest absolute Gasteiger partial charge is 0.421 e. The molecule has 0 spiro atoms. The van der Waals surface area contributed by atoms with Gasteiger partial charge in [0.05, 0.1) is 6.21 Å². The third-order valence-electron chi connectivity index (χ3n) is 6.87. The fourth-order valence-electron chi connectivity index (χ4n) is 6.01. The van der Waals surface area contributed by atoms with Crippen molar-refractivity contribution in [3.8, 4) is 0 Å². The summed E-state index contributed by atoms with van der Waals surface area (Å²) < 4.78 is 5.29. The zero-order valence-corrected chi connectivity index (χ0v) is 17.1. The lowest BCUT2D eigenvalue weighted by Crippen LogP contribution is -2.56. The van der Waals surface area contributed by atoms with E-state index in [1.807, 2.05) is 31.2 Å². The van der Waals surface area contributed by atoms with Gasteiger partial charge in [-0.2, -0.15) is 5.10 Å². The van der Waals surface area contributed by atoms with Crippen LogP contribution < -0.4 is 0 Å². The van der Waals surface area contributed by atoms with Crippen LogP contribution in [0.5, 0.6) is 0 Å². The molecule has 5 nitrogen and oxygen atoms in total. The molecule has 1 heterocycles. The fourth-order valence-corrected chi connectivity index (χ4v) is 6.71. The second-order valence-corrected chi connectivity index (χ2v) is 10.1. The molecule has 0 radical (unpaired) electrons. The summed E-state index contributed by atoms with van der Waals surface area (Å²) in [5, 5.41) is 7.91. The van der Waals surface area contributed by atoms with Crippen LogP contribution in [0, 0.1) is 24.2 Å². The number of rotatable bonds is 4. The van der Waals surface area contributed by atoms with E-state index in [1.54, 1.807) is 6.08 Å². The molecule has 2 atom stereocenters. The molecule has 4 saturated carbocycles. The number of cyclic esters (lactones) is 1. The fraction of sp³-hybridized carbons (Fsp3) is 0.478. The summed E-state index contributed by atoms with van der Waals surface area (Å²) >= 11 is 6.81. The average Bonchev–Trinajstić information content (AvgIpc) is 3.01.